The van der Waals surface area contributed by atoms with E-state index in [2.05, 4.69) is 0 Å². The molecule has 0 N–H and O–H groups in total. The van der Waals surface area contributed by atoms with Gasteiger partial charge in [0.15, 0.2) is 5.78 Å². The largest absolute Gasteiger partial charge is 0.497 e. The number of carbonyl (C=O) groups is 3. The number of ether oxygens (including phenoxy) is 1. The van der Waals surface area contributed by atoms with E-state index in [1.54, 1.807) is 36.3 Å². The quantitative estimate of drug-likeness (QED) is 0.369. The van der Waals surface area contributed by atoms with Gasteiger partial charge in [0.05, 0.1) is 13.2 Å². The third kappa shape index (κ3) is 4.61. The molecule has 1 heterocycles. The number of likely N-dealkylation sites (tertiary alicyclic amines) is 1. The number of anilines is 1. The molecular formula is C24H29N3O4. The summed E-state index contributed by atoms with van der Waals surface area (Å²) in [6.07, 6.45) is 0. The van der Waals surface area contributed by atoms with Crippen LogP contribution in [0.1, 0.15) is 22.0 Å². The molecule has 0 aromatic heterocycles. The Kier molecular flexibility index (Phi) is 6.75. The molecule has 2 aromatic carbocycles. The predicted octanol–water partition coefficient (Wildman–Crippen LogP) is 2.27. The van der Waals surface area contributed by atoms with Crippen molar-refractivity contribution < 1.29 is 19.1 Å². The molecule has 2 aromatic rings. The fraction of sp³-hybridized carbons (Fsp3) is 0.375. The Balaban J connectivity index is 2.01. The van der Waals surface area contributed by atoms with E-state index in [1.165, 1.54) is 0 Å². The van der Waals surface area contributed by atoms with Crippen LogP contribution in [0.15, 0.2) is 48.5 Å². The molecule has 1 aliphatic rings. The van der Waals surface area contributed by atoms with Crippen LogP contribution in [0, 0.1) is 5.92 Å². The highest BCUT2D eigenvalue weighted by Crippen LogP contribution is 2.38. The molecule has 3 rings (SSSR count). The molecule has 0 bridgehead atoms. The molecule has 0 aliphatic carbocycles. The summed E-state index contributed by atoms with van der Waals surface area (Å²) in [4.78, 5) is 44.7. The van der Waals surface area contributed by atoms with Crippen molar-refractivity contribution >= 4 is 23.2 Å². The zero-order chi connectivity index (χ0) is 22.7. The van der Waals surface area contributed by atoms with Crippen LogP contribution in [0.4, 0.5) is 5.69 Å². The second kappa shape index (κ2) is 9.31. The number of methoxy groups -OCH3 is 1. The number of hydrogen-bond acceptors (Lipinski definition) is 6. The summed E-state index contributed by atoms with van der Waals surface area (Å²) in [5.74, 6) is -2.06. The minimum Gasteiger partial charge on any atom is -0.497 e. The average molecular weight is 424 g/mol. The van der Waals surface area contributed by atoms with Crippen LogP contribution in [0.2, 0.25) is 0 Å². The van der Waals surface area contributed by atoms with Crippen LogP contribution in [0.3, 0.4) is 0 Å². The lowest BCUT2D eigenvalue weighted by Crippen LogP contribution is -2.36. The molecule has 1 aliphatic heterocycles. The summed E-state index contributed by atoms with van der Waals surface area (Å²) < 4.78 is 5.16. The topological polar surface area (TPSA) is 70.2 Å². The van der Waals surface area contributed by atoms with E-state index in [4.69, 9.17) is 4.74 Å². The first-order chi connectivity index (χ1) is 14.7. The van der Waals surface area contributed by atoms with Crippen molar-refractivity contribution in [3.8, 4) is 5.75 Å². The van der Waals surface area contributed by atoms with Gasteiger partial charge in [0.2, 0.25) is 5.78 Å². The van der Waals surface area contributed by atoms with E-state index < -0.39 is 23.7 Å². The highest BCUT2D eigenvalue weighted by atomic mass is 16.5. The number of Topliss-reactive ketones (excluding diaryl/α,β-unsaturated/α-hetero) is 2. The maximum atomic E-state index is 13.4. The first-order valence-electron chi connectivity index (χ1n) is 10.2. The minimum absolute atomic E-state index is 0.352. The zero-order valence-corrected chi connectivity index (χ0v) is 18.7. The molecule has 0 saturated carbocycles. The zero-order valence-electron chi connectivity index (χ0n) is 18.7. The second-order valence-corrected chi connectivity index (χ2v) is 8.17. The Bertz CT molecular complexity index is 952. The Morgan fingerprint density at radius 3 is 2.10 bits per heavy atom. The summed E-state index contributed by atoms with van der Waals surface area (Å²) in [5, 5.41) is 0. The van der Waals surface area contributed by atoms with Crippen LogP contribution in [-0.2, 0) is 9.59 Å². The van der Waals surface area contributed by atoms with Crippen molar-refractivity contribution in [2.75, 3.05) is 53.3 Å². The van der Waals surface area contributed by atoms with Gasteiger partial charge in [0.1, 0.15) is 11.7 Å². The molecule has 2 atom stereocenters. The lowest BCUT2D eigenvalue weighted by Gasteiger charge is -2.28. The minimum atomic E-state index is -1.08. The number of nitrogens with zero attached hydrogens (tertiary/aromatic N) is 3. The van der Waals surface area contributed by atoms with E-state index in [1.807, 2.05) is 62.3 Å². The first-order valence-corrected chi connectivity index (χ1v) is 10.2. The Hall–Kier alpha value is -3.19. The number of ketones is 2. The number of hydrogen-bond donors (Lipinski definition) is 0. The Labute approximate surface area is 183 Å². The van der Waals surface area contributed by atoms with Gasteiger partial charge in [-0.3, -0.25) is 14.4 Å². The van der Waals surface area contributed by atoms with Crippen LogP contribution >= 0.6 is 0 Å². The van der Waals surface area contributed by atoms with Crippen molar-refractivity contribution in [3.63, 3.8) is 0 Å². The lowest BCUT2D eigenvalue weighted by molar-refractivity contribution is -0.140. The number of rotatable bonds is 8. The molecule has 7 heteroatoms. The fourth-order valence-corrected chi connectivity index (χ4v) is 3.81. The van der Waals surface area contributed by atoms with Gasteiger partial charge in [-0.25, -0.2) is 0 Å². The van der Waals surface area contributed by atoms with Crippen LogP contribution in [0.25, 0.3) is 0 Å². The summed E-state index contributed by atoms with van der Waals surface area (Å²) >= 11 is 0. The summed E-state index contributed by atoms with van der Waals surface area (Å²) in [7, 11) is 9.24. The lowest BCUT2D eigenvalue weighted by atomic mass is 9.86. The third-order valence-corrected chi connectivity index (χ3v) is 5.60. The molecular weight excluding hydrogens is 394 g/mol. The predicted molar refractivity (Wildman–Crippen MR) is 120 cm³/mol. The van der Waals surface area contributed by atoms with E-state index >= 15 is 0 Å². The maximum Gasteiger partial charge on any atom is 0.291 e. The standard InChI is InChI=1S/C24H29N3O4/c1-25(2)14-15-27-21(16-6-10-18(11-7-16)26(3)4)20(23(29)24(27)30)22(28)17-8-12-19(31-5)13-9-17/h6-13,20-21H,14-15H2,1-5H3. The van der Waals surface area contributed by atoms with Gasteiger partial charge in [0.25, 0.3) is 5.91 Å². The van der Waals surface area contributed by atoms with E-state index in [9.17, 15) is 14.4 Å². The van der Waals surface area contributed by atoms with Crippen LogP contribution in [-0.4, -0.2) is 75.7 Å². The van der Waals surface area contributed by atoms with Gasteiger partial charge < -0.3 is 19.4 Å². The molecule has 2 unspecified atom stereocenters. The monoisotopic (exact) mass is 423 g/mol. The number of carbonyl (C=O) groups excluding carboxylic acids is 3. The fourth-order valence-electron chi connectivity index (χ4n) is 3.81. The normalized spacial score (nSPS) is 18.6. The van der Waals surface area contributed by atoms with Gasteiger partial charge >= 0.3 is 0 Å². The summed E-state index contributed by atoms with van der Waals surface area (Å²) in [6, 6.07) is 13.6. The highest BCUT2D eigenvalue weighted by molar-refractivity contribution is 6.44. The molecule has 31 heavy (non-hydrogen) atoms. The van der Waals surface area contributed by atoms with Crippen molar-refractivity contribution in [3.05, 3.63) is 59.7 Å². The molecule has 1 amide bonds. The van der Waals surface area contributed by atoms with Crippen molar-refractivity contribution in [1.29, 1.82) is 0 Å². The number of likely N-dealkylation sites (N-methyl/N-ethyl adjacent to an activating group) is 1. The molecule has 164 valence electrons. The van der Waals surface area contributed by atoms with E-state index in [0.717, 1.165) is 11.3 Å². The van der Waals surface area contributed by atoms with Gasteiger partial charge in [-0.05, 0) is 56.1 Å². The van der Waals surface area contributed by atoms with E-state index in [-0.39, 0.29) is 5.78 Å². The first kappa shape index (κ1) is 22.5. The Morgan fingerprint density at radius 2 is 1.58 bits per heavy atom. The molecule has 0 spiro atoms. The molecule has 0 radical (unpaired) electrons. The smallest absolute Gasteiger partial charge is 0.291 e. The van der Waals surface area contributed by atoms with E-state index in [0.29, 0.717) is 24.4 Å². The van der Waals surface area contributed by atoms with Crippen LogP contribution in [0.5, 0.6) is 5.75 Å². The van der Waals surface area contributed by atoms with Crippen molar-refractivity contribution in [2.45, 2.75) is 6.04 Å². The van der Waals surface area contributed by atoms with Gasteiger partial charge in [0, 0.05) is 38.4 Å². The highest BCUT2D eigenvalue weighted by Gasteiger charge is 2.51. The maximum absolute atomic E-state index is 13.4. The molecule has 1 fully saturated rings. The second-order valence-electron chi connectivity index (χ2n) is 8.17. The average Bonchev–Trinajstić information content (AvgIpc) is 3.02. The van der Waals surface area contributed by atoms with Gasteiger partial charge in [-0.15, -0.1) is 0 Å². The summed E-state index contributed by atoms with van der Waals surface area (Å²) in [6.45, 7) is 0.957. The summed E-state index contributed by atoms with van der Waals surface area (Å²) in [5.41, 5.74) is 2.16. The Morgan fingerprint density at radius 1 is 0.968 bits per heavy atom. The van der Waals surface area contributed by atoms with Crippen molar-refractivity contribution in [2.24, 2.45) is 5.92 Å². The third-order valence-electron chi connectivity index (χ3n) is 5.60. The van der Waals surface area contributed by atoms with Gasteiger partial charge in [-0.2, -0.15) is 0 Å². The number of benzene rings is 2. The van der Waals surface area contributed by atoms with Crippen LogP contribution < -0.4 is 9.64 Å². The van der Waals surface area contributed by atoms with Crippen molar-refractivity contribution in [1.82, 2.24) is 9.80 Å². The van der Waals surface area contributed by atoms with Gasteiger partial charge in [-0.1, -0.05) is 12.1 Å². The SMILES string of the molecule is COc1ccc(C(=O)C2C(=O)C(=O)N(CCN(C)C)C2c2ccc(N(C)C)cc2)cc1. The number of amides is 1. The molecule has 1 saturated heterocycles. The molecule has 7 nitrogen and oxygen atoms in total.